The minimum Gasteiger partial charge on any atom is -0.353 e. The Hall–Kier alpha value is -1.45. The summed E-state index contributed by atoms with van der Waals surface area (Å²) in [5.74, 6) is -0.411. The molecule has 0 aliphatic carbocycles. The van der Waals surface area contributed by atoms with E-state index < -0.39 is 10.0 Å². The van der Waals surface area contributed by atoms with E-state index in [9.17, 15) is 18.0 Å². The highest BCUT2D eigenvalue weighted by Gasteiger charge is 2.37. The summed E-state index contributed by atoms with van der Waals surface area (Å²) in [6.07, 6.45) is 1.99. The fourth-order valence-electron chi connectivity index (χ4n) is 3.77. The van der Waals surface area contributed by atoms with Crippen molar-refractivity contribution in [3.63, 3.8) is 0 Å². The average Bonchev–Trinajstić information content (AvgIpc) is 3.04. The summed E-state index contributed by atoms with van der Waals surface area (Å²) < 4.78 is 26.6. The molecular weight excluding hydrogens is 446 g/mol. The minimum atomic E-state index is -3.19. The normalized spacial score (nSPS) is 21.9. The smallest absolute Gasteiger partial charge is 0.227 e. The standard InChI is InChI=1S/C19H26BrN3O4S/c1-2-11-28(26,27)22-9-7-15(8-10-22)21-19(25)14-12-18(24)23(13-14)17-6-4-3-5-16(17)20/h3-6,14-15H,2,7-13H2,1H3,(H,21,25). The van der Waals surface area contributed by atoms with Crippen molar-refractivity contribution in [1.29, 1.82) is 0 Å². The number of nitrogens with zero attached hydrogens (tertiary/aromatic N) is 2. The van der Waals surface area contributed by atoms with Crippen LogP contribution in [0.3, 0.4) is 0 Å². The van der Waals surface area contributed by atoms with Crippen LogP contribution >= 0.6 is 15.9 Å². The van der Waals surface area contributed by atoms with Crippen molar-refractivity contribution in [2.24, 2.45) is 5.92 Å². The van der Waals surface area contributed by atoms with Crippen LogP contribution in [0.25, 0.3) is 0 Å². The number of sulfonamides is 1. The van der Waals surface area contributed by atoms with Crippen molar-refractivity contribution in [2.45, 2.75) is 38.6 Å². The predicted octanol–water partition coefficient (Wildman–Crippen LogP) is 2.12. The Bertz CT molecular complexity index is 837. The number of para-hydroxylation sites is 1. The molecule has 0 bridgehead atoms. The lowest BCUT2D eigenvalue weighted by Gasteiger charge is -2.32. The first-order valence-corrected chi connectivity index (χ1v) is 12.0. The Labute approximate surface area is 174 Å². The van der Waals surface area contributed by atoms with Crippen molar-refractivity contribution >= 4 is 43.5 Å². The van der Waals surface area contributed by atoms with E-state index in [-0.39, 0.29) is 35.9 Å². The van der Waals surface area contributed by atoms with Crippen molar-refractivity contribution < 1.29 is 18.0 Å². The summed E-state index contributed by atoms with van der Waals surface area (Å²) >= 11 is 3.45. The molecule has 1 atom stereocenters. The molecule has 1 aromatic carbocycles. The molecule has 0 radical (unpaired) electrons. The van der Waals surface area contributed by atoms with Crippen LogP contribution in [0.4, 0.5) is 5.69 Å². The zero-order chi connectivity index (χ0) is 20.3. The third-order valence-corrected chi connectivity index (χ3v) is 8.04. The Kier molecular flexibility index (Phi) is 6.77. The van der Waals surface area contributed by atoms with Crippen molar-refractivity contribution in [2.75, 3.05) is 30.3 Å². The minimum absolute atomic E-state index is 0.0480. The van der Waals surface area contributed by atoms with Gasteiger partial charge in [0.15, 0.2) is 0 Å². The predicted molar refractivity (Wildman–Crippen MR) is 111 cm³/mol. The third-order valence-electron chi connectivity index (χ3n) is 5.29. The zero-order valence-corrected chi connectivity index (χ0v) is 18.3. The number of rotatable bonds is 6. The second kappa shape index (κ2) is 8.92. The number of anilines is 1. The molecule has 2 saturated heterocycles. The first-order valence-electron chi connectivity index (χ1n) is 9.65. The van der Waals surface area contributed by atoms with Crippen LogP contribution in [0, 0.1) is 5.92 Å². The maximum Gasteiger partial charge on any atom is 0.227 e. The lowest BCUT2D eigenvalue weighted by molar-refractivity contribution is -0.127. The fourth-order valence-corrected chi connectivity index (χ4v) is 5.81. The van der Waals surface area contributed by atoms with Crippen LogP contribution < -0.4 is 10.2 Å². The number of hydrogen-bond donors (Lipinski definition) is 1. The molecular formula is C19H26BrN3O4S. The molecule has 7 nitrogen and oxygen atoms in total. The first kappa shape index (κ1) is 21.3. The Morgan fingerprint density at radius 1 is 1.25 bits per heavy atom. The number of halogens is 1. The summed E-state index contributed by atoms with van der Waals surface area (Å²) in [7, 11) is -3.19. The Balaban J connectivity index is 1.54. The van der Waals surface area contributed by atoms with Crippen LogP contribution in [-0.2, 0) is 19.6 Å². The van der Waals surface area contributed by atoms with Gasteiger partial charge in [0.05, 0.1) is 17.4 Å². The van der Waals surface area contributed by atoms with Gasteiger partial charge in [-0.25, -0.2) is 12.7 Å². The van der Waals surface area contributed by atoms with E-state index >= 15 is 0 Å². The van der Waals surface area contributed by atoms with Crippen molar-refractivity contribution in [3.05, 3.63) is 28.7 Å². The molecule has 9 heteroatoms. The lowest BCUT2D eigenvalue weighted by Crippen LogP contribution is -2.48. The highest BCUT2D eigenvalue weighted by Crippen LogP contribution is 2.31. The molecule has 2 fully saturated rings. The molecule has 0 spiro atoms. The van der Waals surface area contributed by atoms with Crippen molar-refractivity contribution in [1.82, 2.24) is 9.62 Å². The largest absolute Gasteiger partial charge is 0.353 e. The molecule has 0 saturated carbocycles. The van der Waals surface area contributed by atoms with Gasteiger partial charge >= 0.3 is 0 Å². The quantitative estimate of drug-likeness (QED) is 0.688. The van der Waals surface area contributed by atoms with Crippen molar-refractivity contribution in [3.8, 4) is 0 Å². The second-order valence-electron chi connectivity index (χ2n) is 7.35. The Morgan fingerprint density at radius 3 is 2.57 bits per heavy atom. The van der Waals surface area contributed by atoms with Crippen LogP contribution in [0.5, 0.6) is 0 Å². The topological polar surface area (TPSA) is 86.8 Å². The summed E-state index contributed by atoms with van der Waals surface area (Å²) in [6.45, 7) is 3.07. The van der Waals surface area contributed by atoms with Gasteiger partial charge in [-0.15, -0.1) is 0 Å². The van der Waals surface area contributed by atoms with Crippen LogP contribution in [-0.4, -0.2) is 56.0 Å². The third kappa shape index (κ3) is 4.75. The average molecular weight is 472 g/mol. The summed E-state index contributed by atoms with van der Waals surface area (Å²) in [4.78, 5) is 26.7. The van der Waals surface area contributed by atoms with Gasteiger partial charge < -0.3 is 10.2 Å². The van der Waals surface area contributed by atoms with E-state index in [1.807, 2.05) is 31.2 Å². The van der Waals surface area contributed by atoms with Gasteiger partial charge in [0, 0.05) is 36.6 Å². The number of piperidine rings is 1. The van der Waals surface area contributed by atoms with E-state index in [0.717, 1.165) is 10.2 Å². The molecule has 2 aliphatic rings. The van der Waals surface area contributed by atoms with Crippen LogP contribution in [0.15, 0.2) is 28.7 Å². The van der Waals surface area contributed by atoms with Gasteiger partial charge in [-0.05, 0) is 47.3 Å². The summed E-state index contributed by atoms with van der Waals surface area (Å²) in [5.41, 5.74) is 0.775. The fraction of sp³-hybridized carbons (Fsp3) is 0.579. The highest BCUT2D eigenvalue weighted by molar-refractivity contribution is 9.10. The monoisotopic (exact) mass is 471 g/mol. The molecule has 2 aliphatic heterocycles. The molecule has 0 aromatic heterocycles. The number of benzene rings is 1. The van der Waals surface area contributed by atoms with E-state index in [1.165, 1.54) is 4.31 Å². The molecule has 1 aromatic rings. The lowest BCUT2D eigenvalue weighted by atomic mass is 10.0. The number of carbonyl (C=O) groups is 2. The van der Waals surface area contributed by atoms with E-state index in [2.05, 4.69) is 21.2 Å². The molecule has 1 unspecified atom stereocenters. The zero-order valence-electron chi connectivity index (χ0n) is 15.9. The molecule has 2 heterocycles. The molecule has 1 N–H and O–H groups in total. The molecule has 154 valence electrons. The highest BCUT2D eigenvalue weighted by atomic mass is 79.9. The van der Waals surface area contributed by atoms with Gasteiger partial charge in [-0.3, -0.25) is 9.59 Å². The summed E-state index contributed by atoms with van der Waals surface area (Å²) in [6, 6.07) is 7.42. The maximum absolute atomic E-state index is 12.7. The Morgan fingerprint density at radius 2 is 1.93 bits per heavy atom. The summed E-state index contributed by atoms with van der Waals surface area (Å²) in [5, 5.41) is 3.02. The number of hydrogen-bond acceptors (Lipinski definition) is 4. The van der Waals surface area contributed by atoms with Gasteiger partial charge in [0.1, 0.15) is 0 Å². The number of carbonyl (C=O) groups excluding carboxylic acids is 2. The van der Waals surface area contributed by atoms with E-state index in [0.29, 0.717) is 38.9 Å². The van der Waals surface area contributed by atoms with E-state index in [1.54, 1.807) is 4.90 Å². The number of nitrogens with one attached hydrogen (secondary N) is 1. The SMILES string of the molecule is CCCS(=O)(=O)N1CCC(NC(=O)C2CC(=O)N(c3ccccc3Br)C2)CC1. The molecule has 28 heavy (non-hydrogen) atoms. The number of amides is 2. The van der Waals surface area contributed by atoms with Crippen LogP contribution in [0.1, 0.15) is 32.6 Å². The van der Waals surface area contributed by atoms with Gasteiger partial charge in [-0.1, -0.05) is 19.1 Å². The maximum atomic E-state index is 12.7. The van der Waals surface area contributed by atoms with Crippen LogP contribution in [0.2, 0.25) is 0 Å². The van der Waals surface area contributed by atoms with Gasteiger partial charge in [-0.2, -0.15) is 0 Å². The van der Waals surface area contributed by atoms with Gasteiger partial charge in [0.2, 0.25) is 21.8 Å². The second-order valence-corrected chi connectivity index (χ2v) is 10.3. The molecule has 2 amide bonds. The first-order chi connectivity index (χ1) is 13.3. The molecule has 3 rings (SSSR count). The van der Waals surface area contributed by atoms with Gasteiger partial charge in [0.25, 0.3) is 0 Å². The van der Waals surface area contributed by atoms with E-state index in [4.69, 9.17) is 0 Å².